The fraction of sp³-hybridized carbons (Fsp3) is 0.350. The van der Waals surface area contributed by atoms with E-state index in [1.165, 1.54) is 12.1 Å². The van der Waals surface area contributed by atoms with E-state index in [0.717, 1.165) is 25.7 Å². The van der Waals surface area contributed by atoms with Gasteiger partial charge in [-0.3, -0.25) is 4.79 Å². The Hall–Kier alpha value is -2.58. The lowest BCUT2D eigenvalue weighted by atomic mass is 10.2. The van der Waals surface area contributed by atoms with Gasteiger partial charge in [-0.25, -0.2) is 13.1 Å². The van der Waals surface area contributed by atoms with Crippen molar-refractivity contribution in [1.29, 1.82) is 0 Å². The van der Waals surface area contributed by atoms with Crippen LogP contribution in [0.1, 0.15) is 43.0 Å². The molecule has 0 atom stereocenters. The number of carbonyl (C=O) groups is 1. The molecule has 2 N–H and O–H groups in total. The van der Waals surface area contributed by atoms with Gasteiger partial charge in [0.05, 0.1) is 4.90 Å². The van der Waals surface area contributed by atoms with E-state index in [-0.39, 0.29) is 17.6 Å². The third-order valence-electron chi connectivity index (χ3n) is 4.38. The number of anilines is 1. The summed E-state index contributed by atoms with van der Waals surface area (Å²) in [6.45, 7) is 2.67. The molecule has 28 heavy (non-hydrogen) atoms. The molecular formula is C20H24N2O5S. The van der Waals surface area contributed by atoms with Gasteiger partial charge in [-0.05, 0) is 48.9 Å². The first-order valence-corrected chi connectivity index (χ1v) is 10.8. The van der Waals surface area contributed by atoms with Gasteiger partial charge in [-0.1, -0.05) is 26.2 Å². The smallest absolute Gasteiger partial charge is 0.255 e. The topological polar surface area (TPSA) is 93.7 Å². The summed E-state index contributed by atoms with van der Waals surface area (Å²) in [5, 5.41) is 2.74. The fourth-order valence-electron chi connectivity index (χ4n) is 2.80. The Bertz CT molecular complexity index is 926. The highest BCUT2D eigenvalue weighted by Gasteiger charge is 2.17. The third-order valence-corrected chi connectivity index (χ3v) is 5.86. The predicted octanol–water partition coefficient (Wildman–Crippen LogP) is 3.53. The van der Waals surface area contributed by atoms with E-state index in [9.17, 15) is 13.2 Å². The highest BCUT2D eigenvalue weighted by atomic mass is 32.2. The summed E-state index contributed by atoms with van der Waals surface area (Å²) in [4.78, 5) is 12.6. The maximum absolute atomic E-state index is 12.4. The molecule has 1 heterocycles. The van der Waals surface area contributed by atoms with E-state index in [1.807, 2.05) is 0 Å². The van der Waals surface area contributed by atoms with Crippen molar-refractivity contribution in [2.75, 3.05) is 18.7 Å². The number of rotatable bonds is 9. The molecule has 7 nitrogen and oxygen atoms in total. The van der Waals surface area contributed by atoms with Gasteiger partial charge >= 0.3 is 0 Å². The van der Waals surface area contributed by atoms with Gasteiger partial charge in [0.25, 0.3) is 5.91 Å². The Morgan fingerprint density at radius 2 is 1.75 bits per heavy atom. The molecule has 3 rings (SSSR count). The van der Waals surface area contributed by atoms with Crippen molar-refractivity contribution in [3.8, 4) is 11.5 Å². The average molecular weight is 404 g/mol. The summed E-state index contributed by atoms with van der Waals surface area (Å²) in [5.41, 5.74) is 0.930. The zero-order chi connectivity index (χ0) is 20.0. The van der Waals surface area contributed by atoms with Gasteiger partial charge in [-0.2, -0.15) is 0 Å². The Morgan fingerprint density at radius 3 is 2.50 bits per heavy atom. The van der Waals surface area contributed by atoms with E-state index < -0.39 is 10.0 Å². The SMILES string of the molecule is CCCCCCNS(=O)(=O)c1ccc(NC(=O)c2ccc3c(c2)OCO3)cc1. The van der Waals surface area contributed by atoms with Gasteiger partial charge in [0.1, 0.15) is 0 Å². The molecule has 8 heteroatoms. The number of fused-ring (bicyclic) bond motifs is 1. The quantitative estimate of drug-likeness (QED) is 0.624. The normalized spacial score (nSPS) is 12.8. The summed E-state index contributed by atoms with van der Waals surface area (Å²) in [7, 11) is -3.54. The van der Waals surface area contributed by atoms with E-state index >= 15 is 0 Å². The molecule has 2 aromatic rings. The molecule has 1 aliphatic heterocycles. The van der Waals surface area contributed by atoms with Gasteiger partial charge in [0.15, 0.2) is 11.5 Å². The number of amides is 1. The van der Waals surface area contributed by atoms with Crippen molar-refractivity contribution in [3.05, 3.63) is 48.0 Å². The van der Waals surface area contributed by atoms with E-state index in [1.54, 1.807) is 30.3 Å². The van der Waals surface area contributed by atoms with Crippen molar-refractivity contribution < 1.29 is 22.7 Å². The monoisotopic (exact) mass is 404 g/mol. The fourth-order valence-corrected chi connectivity index (χ4v) is 3.87. The maximum atomic E-state index is 12.4. The lowest BCUT2D eigenvalue weighted by molar-refractivity contribution is 0.102. The van der Waals surface area contributed by atoms with Crippen LogP contribution in [0.25, 0.3) is 0 Å². The summed E-state index contributed by atoms with van der Waals surface area (Å²) < 4.78 is 37.7. The molecule has 0 spiro atoms. The molecule has 0 aliphatic carbocycles. The minimum atomic E-state index is -3.54. The van der Waals surface area contributed by atoms with Crippen LogP contribution in [0.4, 0.5) is 5.69 Å². The number of hydrogen-bond acceptors (Lipinski definition) is 5. The van der Waals surface area contributed by atoms with Crippen LogP contribution in [0, 0.1) is 0 Å². The second-order valence-corrected chi connectivity index (χ2v) is 8.27. The highest BCUT2D eigenvalue weighted by molar-refractivity contribution is 7.89. The number of unbranched alkanes of at least 4 members (excludes halogenated alkanes) is 3. The summed E-state index contributed by atoms with van der Waals surface area (Å²) in [5.74, 6) is 0.815. The van der Waals surface area contributed by atoms with Crippen molar-refractivity contribution >= 4 is 21.6 Å². The molecule has 1 aliphatic rings. The second-order valence-electron chi connectivity index (χ2n) is 6.50. The molecule has 150 valence electrons. The number of hydrogen-bond donors (Lipinski definition) is 2. The van der Waals surface area contributed by atoms with E-state index in [4.69, 9.17) is 9.47 Å². The average Bonchev–Trinajstić information content (AvgIpc) is 3.16. The van der Waals surface area contributed by atoms with Crippen LogP contribution in [0.2, 0.25) is 0 Å². The maximum Gasteiger partial charge on any atom is 0.255 e. The molecule has 0 fully saturated rings. The Labute approximate surface area is 165 Å². The Morgan fingerprint density at radius 1 is 1.00 bits per heavy atom. The van der Waals surface area contributed by atoms with Gasteiger partial charge in [0, 0.05) is 17.8 Å². The molecular weight excluding hydrogens is 380 g/mol. The third kappa shape index (κ3) is 5.02. The molecule has 0 bridgehead atoms. The minimum absolute atomic E-state index is 0.142. The van der Waals surface area contributed by atoms with Crippen molar-refractivity contribution in [2.24, 2.45) is 0 Å². The summed E-state index contributed by atoms with van der Waals surface area (Å²) in [6.07, 6.45) is 4.02. The van der Waals surface area contributed by atoms with E-state index in [2.05, 4.69) is 17.0 Å². The predicted molar refractivity (Wildman–Crippen MR) is 106 cm³/mol. The Kier molecular flexibility index (Phi) is 6.53. The van der Waals surface area contributed by atoms with Gasteiger partial charge in [-0.15, -0.1) is 0 Å². The molecule has 0 radical (unpaired) electrons. The van der Waals surface area contributed by atoms with Crippen molar-refractivity contribution in [3.63, 3.8) is 0 Å². The van der Waals surface area contributed by atoms with Crippen LogP contribution in [0.3, 0.4) is 0 Å². The molecule has 2 aromatic carbocycles. The molecule has 0 saturated carbocycles. The lowest BCUT2D eigenvalue weighted by Crippen LogP contribution is -2.24. The first-order chi connectivity index (χ1) is 13.5. The zero-order valence-corrected chi connectivity index (χ0v) is 16.6. The summed E-state index contributed by atoms with van der Waals surface area (Å²) in [6, 6.07) is 11.0. The largest absolute Gasteiger partial charge is 0.454 e. The van der Waals surface area contributed by atoms with Gasteiger partial charge < -0.3 is 14.8 Å². The van der Waals surface area contributed by atoms with Crippen LogP contribution in [0.15, 0.2) is 47.4 Å². The van der Waals surface area contributed by atoms with Crippen LogP contribution >= 0.6 is 0 Å². The summed E-state index contributed by atoms with van der Waals surface area (Å²) >= 11 is 0. The van der Waals surface area contributed by atoms with Gasteiger partial charge in [0.2, 0.25) is 16.8 Å². The number of benzene rings is 2. The van der Waals surface area contributed by atoms with Crippen LogP contribution in [-0.4, -0.2) is 27.7 Å². The number of ether oxygens (including phenoxy) is 2. The lowest BCUT2D eigenvalue weighted by Gasteiger charge is -2.09. The minimum Gasteiger partial charge on any atom is -0.454 e. The van der Waals surface area contributed by atoms with Crippen molar-refractivity contribution in [1.82, 2.24) is 4.72 Å². The first-order valence-electron chi connectivity index (χ1n) is 9.30. The first kappa shape index (κ1) is 20.2. The van der Waals surface area contributed by atoms with Crippen LogP contribution in [-0.2, 0) is 10.0 Å². The molecule has 0 aromatic heterocycles. The van der Waals surface area contributed by atoms with Crippen molar-refractivity contribution in [2.45, 2.75) is 37.5 Å². The second kappa shape index (κ2) is 9.07. The van der Waals surface area contributed by atoms with Crippen LogP contribution in [0.5, 0.6) is 11.5 Å². The van der Waals surface area contributed by atoms with E-state index in [0.29, 0.717) is 29.3 Å². The standard InChI is InChI=1S/C20H24N2O5S/c1-2-3-4-5-12-21-28(24,25)17-9-7-16(8-10-17)22-20(23)15-6-11-18-19(13-15)27-14-26-18/h6-11,13,21H,2-5,12,14H2,1H3,(H,22,23). The Balaban J connectivity index is 1.58. The number of sulfonamides is 1. The molecule has 1 amide bonds. The number of carbonyl (C=O) groups excluding carboxylic acids is 1. The van der Waals surface area contributed by atoms with Crippen LogP contribution < -0.4 is 19.5 Å². The molecule has 0 unspecified atom stereocenters. The molecule has 0 saturated heterocycles. The zero-order valence-electron chi connectivity index (χ0n) is 15.7. The number of nitrogens with one attached hydrogen (secondary N) is 2. The highest BCUT2D eigenvalue weighted by Crippen LogP contribution is 2.32.